The molecule has 0 heterocycles. The number of aryl methyl sites for hydroxylation is 1. The van der Waals surface area contributed by atoms with Crippen LogP contribution in [-0.2, 0) is 16.5 Å². The fourth-order valence-electron chi connectivity index (χ4n) is 3.82. The van der Waals surface area contributed by atoms with E-state index in [9.17, 15) is 13.0 Å². The molecule has 0 aromatic heterocycles. The van der Waals surface area contributed by atoms with Gasteiger partial charge in [-0.15, -0.1) is 0 Å². The summed E-state index contributed by atoms with van der Waals surface area (Å²) in [4.78, 5) is -0.0454. The number of hydrogen-bond acceptors (Lipinski definition) is 3. The minimum Gasteiger partial charge on any atom is -0.744 e. The molecule has 0 radical (unpaired) electrons. The molecular weight excluding hydrogens is 407 g/mol. The molecule has 0 N–H and O–H groups in total. The van der Waals surface area contributed by atoms with Crippen LogP contribution >= 0.6 is 0 Å². The maximum Gasteiger partial charge on any atom is 1.00 e. The number of benzene rings is 1. The second kappa shape index (κ2) is 19.5. The Labute approximate surface area is 223 Å². The van der Waals surface area contributed by atoms with Gasteiger partial charge in [0.1, 0.15) is 10.1 Å². The third-order valence-corrected chi connectivity index (χ3v) is 6.48. The smallest absolute Gasteiger partial charge is 0.744 e. The molecule has 0 aliphatic rings. The zero-order valence-electron chi connectivity index (χ0n) is 19.0. The maximum absolute atomic E-state index is 11.3. The molecule has 0 saturated heterocycles. The normalized spacial score (nSPS) is 11.4. The summed E-state index contributed by atoms with van der Waals surface area (Å²) < 4.78 is 33.8. The van der Waals surface area contributed by atoms with Crippen LogP contribution in [-0.4, -0.2) is 13.0 Å². The van der Waals surface area contributed by atoms with Crippen molar-refractivity contribution < 1.29 is 64.4 Å². The molecule has 0 atom stereocenters. The van der Waals surface area contributed by atoms with Crippen LogP contribution in [0.2, 0.25) is 0 Å². The monoisotopic (exact) mass is 448 g/mol. The number of unbranched alkanes of at least 4 members (excludes halogenated alkanes) is 15. The van der Waals surface area contributed by atoms with Gasteiger partial charge in [0.15, 0.2) is 0 Å². The van der Waals surface area contributed by atoms with Gasteiger partial charge in [-0.2, -0.15) is 0 Å². The molecule has 3 nitrogen and oxygen atoms in total. The van der Waals surface area contributed by atoms with E-state index >= 15 is 0 Å². The number of rotatable bonds is 18. The Morgan fingerprint density at radius 1 is 0.655 bits per heavy atom. The van der Waals surface area contributed by atoms with Crippen molar-refractivity contribution in [3.05, 3.63) is 29.8 Å². The van der Waals surface area contributed by atoms with Crippen molar-refractivity contribution in [2.45, 2.75) is 121 Å². The quantitative estimate of drug-likeness (QED) is 0.190. The summed E-state index contributed by atoms with van der Waals surface area (Å²) in [7, 11) is -4.36. The van der Waals surface area contributed by atoms with Gasteiger partial charge in [-0.1, -0.05) is 121 Å². The largest absolute Gasteiger partial charge is 1.00 e. The molecule has 0 bridgehead atoms. The Kier molecular flexibility index (Phi) is 20.0. The summed E-state index contributed by atoms with van der Waals surface area (Å²) >= 11 is 0. The second-order valence-electron chi connectivity index (χ2n) is 8.12. The summed E-state index contributed by atoms with van der Waals surface area (Å²) in [5, 5.41) is 0. The Bertz CT molecular complexity index is 602. The summed E-state index contributed by atoms with van der Waals surface area (Å²) in [5.41, 5.74) is 0.669. The average molecular weight is 449 g/mol. The molecule has 0 spiro atoms. The van der Waals surface area contributed by atoms with Crippen molar-refractivity contribution in [1.82, 2.24) is 0 Å². The van der Waals surface area contributed by atoms with E-state index in [4.69, 9.17) is 0 Å². The first-order valence-corrected chi connectivity index (χ1v) is 13.0. The number of hydrogen-bond donors (Lipinski definition) is 0. The summed E-state index contributed by atoms with van der Waals surface area (Å²) in [5.74, 6) is 0. The van der Waals surface area contributed by atoms with E-state index in [0.717, 1.165) is 12.8 Å². The molecule has 0 amide bonds. The zero-order valence-corrected chi connectivity index (χ0v) is 22.9. The van der Waals surface area contributed by atoms with Crippen molar-refractivity contribution in [2.75, 3.05) is 0 Å². The molecular formula is C24H41KO3S. The van der Waals surface area contributed by atoms with Gasteiger partial charge in [-0.3, -0.25) is 0 Å². The van der Waals surface area contributed by atoms with E-state index in [1.165, 1.54) is 96.0 Å². The first kappa shape index (κ1) is 29.8. The van der Waals surface area contributed by atoms with Gasteiger partial charge in [0.05, 0.1) is 4.90 Å². The van der Waals surface area contributed by atoms with E-state index in [1.807, 2.05) is 0 Å². The predicted octanol–water partition coefficient (Wildman–Crippen LogP) is 4.40. The molecule has 0 aliphatic carbocycles. The SMILES string of the molecule is CCCCCCCCCCCCCCCCCCc1ccccc1S(=O)(=O)[O-].[K+]. The molecule has 0 saturated carbocycles. The van der Waals surface area contributed by atoms with Crippen LogP contribution in [0.5, 0.6) is 0 Å². The topological polar surface area (TPSA) is 57.2 Å². The third-order valence-electron chi connectivity index (χ3n) is 5.54. The van der Waals surface area contributed by atoms with E-state index in [2.05, 4.69) is 6.92 Å². The van der Waals surface area contributed by atoms with Crippen molar-refractivity contribution in [3.8, 4) is 0 Å². The molecule has 1 aromatic rings. The van der Waals surface area contributed by atoms with Crippen molar-refractivity contribution >= 4 is 10.1 Å². The van der Waals surface area contributed by atoms with Gasteiger partial charge >= 0.3 is 51.4 Å². The Morgan fingerprint density at radius 2 is 1.03 bits per heavy atom. The standard InChI is InChI=1S/C24H42O3S.K/c1-2-3-4-5-6-7-8-9-10-11-12-13-14-15-16-17-20-23-21-18-19-22-24(23)28(25,26)27;/h18-19,21-22H,2-17,20H2,1H3,(H,25,26,27);/q;+1/p-1. The molecule has 1 rings (SSSR count). The van der Waals surface area contributed by atoms with E-state index in [1.54, 1.807) is 18.2 Å². The van der Waals surface area contributed by atoms with E-state index < -0.39 is 10.1 Å². The zero-order chi connectivity index (χ0) is 20.5. The van der Waals surface area contributed by atoms with E-state index in [-0.39, 0.29) is 56.3 Å². The summed E-state index contributed by atoms with van der Waals surface area (Å²) in [6.45, 7) is 2.27. The Hall–Kier alpha value is 0.766. The first-order valence-electron chi connectivity index (χ1n) is 11.6. The second-order valence-corrected chi connectivity index (χ2v) is 9.46. The first-order chi connectivity index (χ1) is 13.6. The third kappa shape index (κ3) is 16.1. The van der Waals surface area contributed by atoms with Crippen LogP contribution in [0.3, 0.4) is 0 Å². The Balaban J connectivity index is 0.00000784. The van der Waals surface area contributed by atoms with Gasteiger partial charge in [-0.05, 0) is 24.5 Å². The molecule has 0 unspecified atom stereocenters. The van der Waals surface area contributed by atoms with Crippen LogP contribution in [0.4, 0.5) is 0 Å². The van der Waals surface area contributed by atoms with Crippen molar-refractivity contribution in [1.29, 1.82) is 0 Å². The van der Waals surface area contributed by atoms with Gasteiger partial charge in [0.25, 0.3) is 0 Å². The minimum absolute atomic E-state index is 0. The van der Waals surface area contributed by atoms with Gasteiger partial charge < -0.3 is 4.55 Å². The predicted molar refractivity (Wildman–Crippen MR) is 118 cm³/mol. The molecule has 1 aromatic carbocycles. The van der Waals surface area contributed by atoms with Gasteiger partial charge in [0, 0.05) is 0 Å². The van der Waals surface area contributed by atoms with Gasteiger partial charge in [0.2, 0.25) is 0 Å². The Morgan fingerprint density at radius 3 is 1.45 bits per heavy atom. The summed E-state index contributed by atoms with van der Waals surface area (Å²) in [6, 6.07) is 6.60. The van der Waals surface area contributed by atoms with Crippen LogP contribution in [0.25, 0.3) is 0 Å². The fourth-order valence-corrected chi connectivity index (χ4v) is 4.55. The average Bonchev–Trinajstić information content (AvgIpc) is 2.67. The molecule has 5 heteroatoms. The van der Waals surface area contributed by atoms with Crippen LogP contribution in [0.1, 0.15) is 115 Å². The molecule has 0 aliphatic heterocycles. The molecule has 162 valence electrons. The van der Waals surface area contributed by atoms with Gasteiger partial charge in [-0.25, -0.2) is 8.42 Å². The maximum atomic E-state index is 11.3. The fraction of sp³-hybridized carbons (Fsp3) is 0.750. The van der Waals surface area contributed by atoms with Crippen molar-refractivity contribution in [3.63, 3.8) is 0 Å². The minimum atomic E-state index is -4.36. The molecule has 29 heavy (non-hydrogen) atoms. The van der Waals surface area contributed by atoms with Crippen molar-refractivity contribution in [2.24, 2.45) is 0 Å². The summed E-state index contributed by atoms with van der Waals surface area (Å²) in [6.07, 6.45) is 21.8. The van der Waals surface area contributed by atoms with Crippen LogP contribution < -0.4 is 51.4 Å². The van der Waals surface area contributed by atoms with E-state index in [0.29, 0.717) is 12.0 Å². The van der Waals surface area contributed by atoms with Crippen LogP contribution in [0, 0.1) is 0 Å². The van der Waals surface area contributed by atoms with Crippen LogP contribution in [0.15, 0.2) is 29.2 Å². The molecule has 0 fully saturated rings.